The second kappa shape index (κ2) is 5.39. The van der Waals surface area contributed by atoms with Crippen LogP contribution in [0.2, 0.25) is 0 Å². The summed E-state index contributed by atoms with van der Waals surface area (Å²) in [4.78, 5) is 17.8. The highest BCUT2D eigenvalue weighted by molar-refractivity contribution is 7.11. The zero-order valence-corrected chi connectivity index (χ0v) is 12.3. The standard InChI is InChI=1S/C14H22N2OS/c1-14(2,3)16-12(17)8-9-13-15-10-6-4-5-7-11(10)18-13/h4-9H2,1-3H3,(H,16,17). The minimum absolute atomic E-state index is 0.121. The van der Waals surface area contributed by atoms with E-state index in [1.54, 1.807) is 11.3 Å². The average molecular weight is 266 g/mol. The molecule has 0 saturated carbocycles. The topological polar surface area (TPSA) is 42.0 Å². The third-order valence-corrected chi connectivity index (χ3v) is 4.19. The number of nitrogens with one attached hydrogen (secondary N) is 1. The van der Waals surface area contributed by atoms with Crippen LogP contribution in [0.3, 0.4) is 0 Å². The van der Waals surface area contributed by atoms with Gasteiger partial charge in [-0.15, -0.1) is 11.3 Å². The predicted molar refractivity (Wildman–Crippen MR) is 75.0 cm³/mol. The molecule has 0 spiro atoms. The smallest absolute Gasteiger partial charge is 0.220 e. The van der Waals surface area contributed by atoms with Gasteiger partial charge in [0.2, 0.25) is 5.91 Å². The van der Waals surface area contributed by atoms with Gasteiger partial charge in [-0.1, -0.05) is 0 Å². The Kier molecular flexibility index (Phi) is 4.05. The van der Waals surface area contributed by atoms with Crippen molar-refractivity contribution in [1.82, 2.24) is 10.3 Å². The molecule has 100 valence electrons. The summed E-state index contributed by atoms with van der Waals surface area (Å²) in [6.45, 7) is 6.02. The molecule has 0 atom stereocenters. The molecule has 1 aliphatic rings. The van der Waals surface area contributed by atoms with Crippen LogP contribution in [0.5, 0.6) is 0 Å². The minimum Gasteiger partial charge on any atom is -0.351 e. The lowest BCUT2D eigenvalue weighted by Crippen LogP contribution is -2.40. The summed E-state index contributed by atoms with van der Waals surface area (Å²) in [6.07, 6.45) is 6.18. The molecule has 0 fully saturated rings. The van der Waals surface area contributed by atoms with Crippen molar-refractivity contribution in [2.24, 2.45) is 0 Å². The SMILES string of the molecule is CC(C)(C)NC(=O)CCc1nc2c(s1)CCCC2. The highest BCUT2D eigenvalue weighted by atomic mass is 32.1. The van der Waals surface area contributed by atoms with Gasteiger partial charge in [-0.3, -0.25) is 4.79 Å². The number of fused-ring (bicyclic) bond motifs is 1. The Hall–Kier alpha value is -0.900. The monoisotopic (exact) mass is 266 g/mol. The number of amides is 1. The molecule has 1 aromatic rings. The van der Waals surface area contributed by atoms with Crippen molar-refractivity contribution in [3.05, 3.63) is 15.6 Å². The van der Waals surface area contributed by atoms with Gasteiger partial charge in [0.1, 0.15) is 0 Å². The second-order valence-corrected chi connectivity index (χ2v) is 7.15. The Labute approximate surface area is 113 Å². The Morgan fingerprint density at radius 1 is 1.33 bits per heavy atom. The van der Waals surface area contributed by atoms with Crippen LogP contribution in [0.15, 0.2) is 0 Å². The molecular formula is C14H22N2OS. The normalized spacial score (nSPS) is 15.3. The quantitative estimate of drug-likeness (QED) is 0.914. The first-order valence-corrected chi connectivity index (χ1v) is 7.54. The van der Waals surface area contributed by atoms with Gasteiger partial charge in [-0.25, -0.2) is 4.98 Å². The number of thiazole rings is 1. The molecule has 0 aromatic carbocycles. The summed E-state index contributed by atoms with van der Waals surface area (Å²) >= 11 is 1.80. The molecule has 0 saturated heterocycles. The zero-order chi connectivity index (χ0) is 13.2. The maximum absolute atomic E-state index is 11.7. The fourth-order valence-corrected chi connectivity index (χ4v) is 3.37. The van der Waals surface area contributed by atoms with E-state index in [4.69, 9.17) is 0 Å². The summed E-state index contributed by atoms with van der Waals surface area (Å²) in [5.74, 6) is 0.121. The van der Waals surface area contributed by atoms with Crippen molar-refractivity contribution >= 4 is 17.2 Å². The molecular weight excluding hydrogens is 244 g/mol. The van der Waals surface area contributed by atoms with Crippen molar-refractivity contribution in [3.63, 3.8) is 0 Å². The molecule has 0 aliphatic heterocycles. The van der Waals surface area contributed by atoms with E-state index < -0.39 is 0 Å². The van der Waals surface area contributed by atoms with Gasteiger partial charge in [0.15, 0.2) is 0 Å². The Morgan fingerprint density at radius 3 is 2.72 bits per heavy atom. The fourth-order valence-electron chi connectivity index (χ4n) is 2.21. The lowest BCUT2D eigenvalue weighted by atomic mass is 10.0. The van der Waals surface area contributed by atoms with Gasteiger partial charge in [0, 0.05) is 23.3 Å². The fraction of sp³-hybridized carbons (Fsp3) is 0.714. The van der Waals surface area contributed by atoms with E-state index in [2.05, 4.69) is 10.3 Å². The van der Waals surface area contributed by atoms with Gasteiger partial charge < -0.3 is 5.32 Å². The number of hydrogen-bond acceptors (Lipinski definition) is 3. The maximum atomic E-state index is 11.7. The van der Waals surface area contributed by atoms with Crippen molar-refractivity contribution in [3.8, 4) is 0 Å². The van der Waals surface area contributed by atoms with Gasteiger partial charge in [-0.2, -0.15) is 0 Å². The summed E-state index contributed by atoms with van der Waals surface area (Å²) in [5.41, 5.74) is 1.15. The number of nitrogens with zero attached hydrogens (tertiary/aromatic N) is 1. The molecule has 4 heteroatoms. The number of hydrogen-bond donors (Lipinski definition) is 1. The molecule has 1 aromatic heterocycles. The van der Waals surface area contributed by atoms with Gasteiger partial charge >= 0.3 is 0 Å². The van der Waals surface area contributed by atoms with E-state index in [9.17, 15) is 4.79 Å². The molecule has 0 bridgehead atoms. The summed E-state index contributed by atoms with van der Waals surface area (Å²) < 4.78 is 0. The van der Waals surface area contributed by atoms with Crippen LogP contribution in [0.25, 0.3) is 0 Å². The van der Waals surface area contributed by atoms with E-state index in [1.165, 1.54) is 29.8 Å². The summed E-state index contributed by atoms with van der Waals surface area (Å²) in [5, 5.41) is 4.12. The summed E-state index contributed by atoms with van der Waals surface area (Å²) in [6, 6.07) is 0. The number of carbonyl (C=O) groups is 1. The molecule has 0 unspecified atom stereocenters. The first kappa shape index (κ1) is 13.5. The van der Waals surface area contributed by atoms with Crippen molar-refractivity contribution < 1.29 is 4.79 Å². The first-order valence-electron chi connectivity index (χ1n) is 6.72. The maximum Gasteiger partial charge on any atom is 0.220 e. The molecule has 1 N–H and O–H groups in total. The lowest BCUT2D eigenvalue weighted by Gasteiger charge is -2.20. The van der Waals surface area contributed by atoms with E-state index in [0.717, 1.165) is 17.8 Å². The van der Waals surface area contributed by atoms with Crippen LogP contribution in [0.1, 0.15) is 55.6 Å². The van der Waals surface area contributed by atoms with Crippen LogP contribution >= 0.6 is 11.3 Å². The summed E-state index contributed by atoms with van der Waals surface area (Å²) in [7, 11) is 0. The molecule has 0 radical (unpaired) electrons. The number of rotatable bonds is 3. The number of aromatic nitrogens is 1. The molecule has 3 nitrogen and oxygen atoms in total. The van der Waals surface area contributed by atoms with E-state index >= 15 is 0 Å². The third kappa shape index (κ3) is 3.80. The molecule has 1 heterocycles. The van der Waals surface area contributed by atoms with E-state index in [1.807, 2.05) is 20.8 Å². The molecule has 1 amide bonds. The zero-order valence-electron chi connectivity index (χ0n) is 11.5. The predicted octanol–water partition coefficient (Wildman–Crippen LogP) is 2.87. The van der Waals surface area contributed by atoms with Crippen molar-refractivity contribution in [2.75, 3.05) is 0 Å². The van der Waals surface area contributed by atoms with Crippen LogP contribution in [0, 0.1) is 0 Å². The van der Waals surface area contributed by atoms with Gasteiger partial charge in [0.05, 0.1) is 10.7 Å². The number of aryl methyl sites for hydroxylation is 3. The molecule has 1 aliphatic carbocycles. The van der Waals surface area contributed by atoms with Crippen molar-refractivity contribution in [1.29, 1.82) is 0 Å². The van der Waals surface area contributed by atoms with Crippen LogP contribution < -0.4 is 5.32 Å². The van der Waals surface area contributed by atoms with Crippen molar-refractivity contribution in [2.45, 2.75) is 64.8 Å². The molecule has 2 rings (SSSR count). The van der Waals surface area contributed by atoms with E-state index in [0.29, 0.717) is 6.42 Å². The van der Waals surface area contributed by atoms with Crippen LogP contribution in [-0.4, -0.2) is 16.4 Å². The highest BCUT2D eigenvalue weighted by Gasteiger charge is 2.17. The van der Waals surface area contributed by atoms with Crippen LogP contribution in [-0.2, 0) is 24.1 Å². The van der Waals surface area contributed by atoms with Gasteiger partial charge in [0.25, 0.3) is 0 Å². The van der Waals surface area contributed by atoms with Crippen LogP contribution in [0.4, 0.5) is 0 Å². The number of carbonyl (C=O) groups excluding carboxylic acids is 1. The lowest BCUT2D eigenvalue weighted by molar-refractivity contribution is -0.122. The van der Waals surface area contributed by atoms with Gasteiger partial charge in [-0.05, 0) is 46.5 Å². The highest BCUT2D eigenvalue weighted by Crippen LogP contribution is 2.27. The molecule has 18 heavy (non-hydrogen) atoms. The largest absolute Gasteiger partial charge is 0.351 e. The Bertz CT molecular complexity index is 408. The average Bonchev–Trinajstić information content (AvgIpc) is 2.66. The van der Waals surface area contributed by atoms with E-state index in [-0.39, 0.29) is 11.4 Å². The Morgan fingerprint density at radius 2 is 2.06 bits per heavy atom. The third-order valence-electron chi connectivity index (χ3n) is 2.97. The second-order valence-electron chi connectivity index (χ2n) is 5.98. The minimum atomic E-state index is -0.140. The Balaban J connectivity index is 1.87. The first-order chi connectivity index (χ1) is 8.44.